The largest absolute Gasteiger partial charge is 0.464 e. The molecule has 4 nitrogen and oxygen atoms in total. The van der Waals surface area contributed by atoms with Gasteiger partial charge in [0.2, 0.25) is 0 Å². The minimum atomic E-state index is 0.118. The third kappa shape index (κ3) is 4.93. The molecule has 0 atom stereocenters. The second kappa shape index (κ2) is 7.00. The number of hydrogen-bond donors (Lipinski definition) is 0. The number of carbonyl (C=O) groups excluding carboxylic acids is 1. The van der Waals surface area contributed by atoms with E-state index in [1.165, 1.54) is 11.8 Å². The molecule has 0 radical (unpaired) electrons. The summed E-state index contributed by atoms with van der Waals surface area (Å²) in [5.41, 5.74) is 0.896. The highest BCUT2D eigenvalue weighted by molar-refractivity contribution is 8.13. The summed E-state index contributed by atoms with van der Waals surface area (Å²) in [6.45, 7) is 4.00. The normalized spacial score (nSPS) is 10.6. The summed E-state index contributed by atoms with van der Waals surface area (Å²) in [5, 5.41) is 0.118. The Labute approximate surface area is 99.1 Å². The molecule has 0 aliphatic rings. The number of nitrogens with zero attached hydrogens (tertiary/aromatic N) is 2. The topological polar surface area (TPSA) is 52.1 Å². The lowest BCUT2D eigenvalue weighted by molar-refractivity contribution is -0.109. The van der Waals surface area contributed by atoms with Gasteiger partial charge in [0, 0.05) is 30.6 Å². The zero-order valence-corrected chi connectivity index (χ0v) is 10.2. The Morgan fingerprint density at radius 1 is 1.50 bits per heavy atom. The first-order chi connectivity index (χ1) is 7.72. The standard InChI is InChI=1S/C11H14N2O2S/c1-3-15-11-12-7-10(8-13-11)5-4-6-16-9(2)14/h4-5,7-8H,3,6H2,1-2H3. The number of hydrogen-bond acceptors (Lipinski definition) is 5. The SMILES string of the molecule is CCOc1ncc(C=CCSC(C)=O)cn1. The molecule has 0 bridgehead atoms. The lowest BCUT2D eigenvalue weighted by Gasteiger charge is -1.99. The van der Waals surface area contributed by atoms with E-state index in [0.29, 0.717) is 18.4 Å². The molecule has 1 aromatic rings. The van der Waals surface area contributed by atoms with E-state index in [0.717, 1.165) is 5.56 Å². The van der Waals surface area contributed by atoms with Crippen LogP contribution < -0.4 is 4.74 Å². The summed E-state index contributed by atoms with van der Waals surface area (Å²) in [5.74, 6) is 0.669. The van der Waals surface area contributed by atoms with Crippen molar-refractivity contribution in [3.05, 3.63) is 24.0 Å². The Kier molecular flexibility index (Phi) is 5.56. The second-order valence-corrected chi connectivity index (χ2v) is 4.13. The Bertz CT molecular complexity index is 363. The summed E-state index contributed by atoms with van der Waals surface area (Å²) in [7, 11) is 0. The maximum absolute atomic E-state index is 10.7. The highest BCUT2D eigenvalue weighted by Gasteiger charge is 1.94. The van der Waals surface area contributed by atoms with Gasteiger partial charge in [0.15, 0.2) is 5.12 Å². The third-order valence-electron chi connectivity index (χ3n) is 1.61. The van der Waals surface area contributed by atoms with Gasteiger partial charge >= 0.3 is 6.01 Å². The molecular weight excluding hydrogens is 224 g/mol. The van der Waals surface area contributed by atoms with E-state index in [-0.39, 0.29) is 5.12 Å². The van der Waals surface area contributed by atoms with E-state index < -0.39 is 0 Å². The van der Waals surface area contributed by atoms with Crippen molar-refractivity contribution >= 4 is 23.0 Å². The van der Waals surface area contributed by atoms with Crippen molar-refractivity contribution < 1.29 is 9.53 Å². The Morgan fingerprint density at radius 3 is 2.75 bits per heavy atom. The number of thioether (sulfide) groups is 1. The third-order valence-corrected chi connectivity index (χ3v) is 2.38. The van der Waals surface area contributed by atoms with E-state index in [1.54, 1.807) is 19.3 Å². The fourth-order valence-electron chi connectivity index (χ4n) is 0.966. The van der Waals surface area contributed by atoms with Crippen molar-refractivity contribution in [3.8, 4) is 6.01 Å². The van der Waals surface area contributed by atoms with Crippen molar-refractivity contribution in [2.24, 2.45) is 0 Å². The van der Waals surface area contributed by atoms with Gasteiger partial charge < -0.3 is 4.74 Å². The number of rotatable bonds is 5. The number of carbonyl (C=O) groups is 1. The smallest absolute Gasteiger partial charge is 0.316 e. The van der Waals surface area contributed by atoms with Crippen LogP contribution in [0.3, 0.4) is 0 Å². The molecule has 0 aromatic carbocycles. The van der Waals surface area contributed by atoms with Gasteiger partial charge in [-0.05, 0) is 6.92 Å². The summed E-state index contributed by atoms with van der Waals surface area (Å²) in [6.07, 6.45) is 7.16. The van der Waals surface area contributed by atoms with E-state index in [2.05, 4.69) is 9.97 Å². The second-order valence-electron chi connectivity index (χ2n) is 2.94. The Morgan fingerprint density at radius 2 is 2.19 bits per heavy atom. The number of ether oxygens (including phenoxy) is 1. The van der Waals surface area contributed by atoms with E-state index in [4.69, 9.17) is 4.74 Å². The van der Waals surface area contributed by atoms with Gasteiger partial charge in [-0.2, -0.15) is 0 Å². The fraction of sp³-hybridized carbons (Fsp3) is 0.364. The van der Waals surface area contributed by atoms with Crippen LogP contribution in [0.1, 0.15) is 19.4 Å². The zero-order valence-electron chi connectivity index (χ0n) is 9.34. The molecule has 16 heavy (non-hydrogen) atoms. The summed E-state index contributed by atoms with van der Waals surface area (Å²) in [6, 6.07) is 0.387. The van der Waals surface area contributed by atoms with E-state index in [9.17, 15) is 4.79 Å². The van der Waals surface area contributed by atoms with Crippen molar-refractivity contribution in [1.29, 1.82) is 0 Å². The molecule has 1 rings (SSSR count). The first kappa shape index (κ1) is 12.7. The molecule has 5 heteroatoms. The molecule has 0 fully saturated rings. The molecule has 0 saturated heterocycles. The molecule has 1 heterocycles. The molecule has 0 aliphatic carbocycles. The van der Waals surface area contributed by atoms with Gasteiger partial charge in [-0.3, -0.25) is 4.79 Å². The fourth-order valence-corrected chi connectivity index (χ4v) is 1.39. The van der Waals surface area contributed by atoms with E-state index >= 15 is 0 Å². The van der Waals surface area contributed by atoms with Gasteiger partial charge in [0.05, 0.1) is 6.61 Å². The van der Waals surface area contributed by atoms with Crippen LogP contribution in [0.5, 0.6) is 6.01 Å². The van der Waals surface area contributed by atoms with Crippen molar-refractivity contribution in [3.63, 3.8) is 0 Å². The molecule has 0 spiro atoms. The molecule has 86 valence electrons. The first-order valence-electron chi connectivity index (χ1n) is 4.97. The summed E-state index contributed by atoms with van der Waals surface area (Å²) < 4.78 is 5.12. The monoisotopic (exact) mass is 238 g/mol. The van der Waals surface area contributed by atoms with E-state index in [1.807, 2.05) is 19.1 Å². The van der Waals surface area contributed by atoms with Crippen LogP contribution in [0.4, 0.5) is 0 Å². The molecule has 1 aromatic heterocycles. The van der Waals surface area contributed by atoms with Crippen molar-refractivity contribution in [1.82, 2.24) is 9.97 Å². The zero-order chi connectivity index (χ0) is 11.8. The van der Waals surface area contributed by atoms with Gasteiger partial charge in [-0.25, -0.2) is 9.97 Å². The minimum absolute atomic E-state index is 0.118. The average Bonchev–Trinajstić information content (AvgIpc) is 2.27. The molecule has 0 aliphatic heterocycles. The quantitative estimate of drug-likeness (QED) is 0.787. The van der Waals surface area contributed by atoms with Gasteiger partial charge in [-0.1, -0.05) is 23.9 Å². The molecule has 0 saturated carbocycles. The molecule has 0 unspecified atom stereocenters. The van der Waals surface area contributed by atoms with Crippen molar-refractivity contribution in [2.75, 3.05) is 12.4 Å². The Hall–Kier alpha value is -1.36. The first-order valence-corrected chi connectivity index (χ1v) is 5.95. The van der Waals surface area contributed by atoms with Crippen LogP contribution >= 0.6 is 11.8 Å². The summed E-state index contributed by atoms with van der Waals surface area (Å²) in [4.78, 5) is 18.7. The van der Waals surface area contributed by atoms with Crippen molar-refractivity contribution in [2.45, 2.75) is 13.8 Å². The lowest BCUT2D eigenvalue weighted by Crippen LogP contribution is -1.96. The number of aromatic nitrogens is 2. The van der Waals surface area contributed by atoms with Crippen LogP contribution in [-0.4, -0.2) is 27.4 Å². The predicted molar refractivity (Wildman–Crippen MR) is 65.4 cm³/mol. The van der Waals surface area contributed by atoms with Crippen LogP contribution in [0, 0.1) is 0 Å². The average molecular weight is 238 g/mol. The maximum atomic E-state index is 10.7. The van der Waals surface area contributed by atoms with Crippen LogP contribution in [-0.2, 0) is 4.79 Å². The Balaban J connectivity index is 2.45. The molecular formula is C11H14N2O2S. The van der Waals surface area contributed by atoms with Gasteiger partial charge in [-0.15, -0.1) is 0 Å². The van der Waals surface area contributed by atoms with Gasteiger partial charge in [0.1, 0.15) is 0 Å². The van der Waals surface area contributed by atoms with Crippen LogP contribution in [0.25, 0.3) is 6.08 Å². The predicted octanol–water partition coefficient (Wildman–Crippen LogP) is 2.17. The maximum Gasteiger partial charge on any atom is 0.316 e. The molecule has 0 N–H and O–H groups in total. The van der Waals surface area contributed by atoms with Crippen LogP contribution in [0.15, 0.2) is 18.5 Å². The van der Waals surface area contributed by atoms with Crippen LogP contribution in [0.2, 0.25) is 0 Å². The molecule has 0 amide bonds. The summed E-state index contributed by atoms with van der Waals surface area (Å²) >= 11 is 1.27. The van der Waals surface area contributed by atoms with Gasteiger partial charge in [0.25, 0.3) is 0 Å². The minimum Gasteiger partial charge on any atom is -0.464 e. The highest BCUT2D eigenvalue weighted by Crippen LogP contribution is 2.06. The lowest BCUT2D eigenvalue weighted by atomic mass is 10.3. The highest BCUT2D eigenvalue weighted by atomic mass is 32.2.